The molecular weight excluding hydrogens is 228 g/mol. The average molecular weight is 250 g/mol. The van der Waals surface area contributed by atoms with Crippen molar-refractivity contribution in [3.8, 4) is 0 Å². The fourth-order valence-electron chi connectivity index (χ4n) is 1.59. The zero-order valence-electron chi connectivity index (χ0n) is 11.1. The number of hydrogen-bond donors (Lipinski definition) is 3. The summed E-state index contributed by atoms with van der Waals surface area (Å²) in [6.45, 7) is 4.06. The first-order valence-corrected chi connectivity index (χ1v) is 6.05. The van der Waals surface area contributed by atoms with Crippen LogP contribution >= 0.6 is 0 Å². The van der Waals surface area contributed by atoms with E-state index in [1.165, 1.54) is 11.1 Å². The molecule has 0 aliphatic carbocycles. The summed E-state index contributed by atoms with van der Waals surface area (Å²) < 4.78 is 4.92. The number of guanidine groups is 1. The molecule has 0 aliphatic heterocycles. The molecule has 5 heteroatoms. The molecule has 5 nitrogen and oxygen atoms in total. The highest BCUT2D eigenvalue weighted by Gasteiger charge is 1.96. The maximum Gasteiger partial charge on any atom is 0.205 e. The van der Waals surface area contributed by atoms with Gasteiger partial charge in [0.15, 0.2) is 0 Å². The molecule has 4 N–H and O–H groups in total. The minimum Gasteiger partial charge on any atom is -0.383 e. The van der Waals surface area contributed by atoms with Gasteiger partial charge in [-0.3, -0.25) is 5.43 Å². The molecule has 0 saturated heterocycles. The minimum absolute atomic E-state index is 0.588. The number of nitrogens with zero attached hydrogens (tertiary/aromatic N) is 1. The van der Waals surface area contributed by atoms with Gasteiger partial charge in [0.05, 0.1) is 13.2 Å². The molecule has 0 unspecified atom stereocenters. The number of rotatable bonds is 6. The van der Waals surface area contributed by atoms with E-state index in [1.807, 2.05) is 0 Å². The monoisotopic (exact) mass is 250 g/mol. The van der Waals surface area contributed by atoms with Gasteiger partial charge in [-0.1, -0.05) is 29.8 Å². The van der Waals surface area contributed by atoms with E-state index in [0.29, 0.717) is 19.1 Å². The van der Waals surface area contributed by atoms with Crippen molar-refractivity contribution >= 4 is 5.96 Å². The molecule has 0 radical (unpaired) electrons. The molecule has 18 heavy (non-hydrogen) atoms. The molecule has 0 aromatic heterocycles. The minimum atomic E-state index is 0.588. The van der Waals surface area contributed by atoms with Crippen LogP contribution in [0.25, 0.3) is 0 Å². The summed E-state index contributed by atoms with van der Waals surface area (Å²) in [5.74, 6) is 5.97. The Hall–Kier alpha value is -1.59. The van der Waals surface area contributed by atoms with Gasteiger partial charge in [0.25, 0.3) is 0 Å². The van der Waals surface area contributed by atoms with Gasteiger partial charge in [-0.25, -0.2) is 10.8 Å². The van der Waals surface area contributed by atoms with Crippen LogP contribution in [0.2, 0.25) is 0 Å². The highest BCUT2D eigenvalue weighted by molar-refractivity contribution is 5.79. The van der Waals surface area contributed by atoms with E-state index in [1.54, 1.807) is 7.11 Å². The highest BCUT2D eigenvalue weighted by atomic mass is 16.5. The van der Waals surface area contributed by atoms with Crippen LogP contribution in [-0.2, 0) is 11.2 Å². The normalized spacial score (nSPS) is 11.4. The van der Waals surface area contributed by atoms with E-state index in [4.69, 9.17) is 10.6 Å². The molecule has 0 bridgehead atoms. The van der Waals surface area contributed by atoms with Gasteiger partial charge < -0.3 is 10.1 Å². The fraction of sp³-hybridized carbons (Fsp3) is 0.462. The van der Waals surface area contributed by atoms with Crippen molar-refractivity contribution in [3.63, 3.8) is 0 Å². The van der Waals surface area contributed by atoms with Crippen molar-refractivity contribution in [3.05, 3.63) is 35.4 Å². The average Bonchev–Trinajstić information content (AvgIpc) is 2.37. The van der Waals surface area contributed by atoms with Crippen molar-refractivity contribution in [1.29, 1.82) is 0 Å². The lowest BCUT2D eigenvalue weighted by molar-refractivity contribution is 0.208. The summed E-state index contributed by atoms with van der Waals surface area (Å²) in [5.41, 5.74) is 5.12. The van der Waals surface area contributed by atoms with E-state index in [9.17, 15) is 0 Å². The number of aliphatic imine (C=N–C) groups is 1. The Morgan fingerprint density at radius 3 is 2.94 bits per heavy atom. The van der Waals surface area contributed by atoms with Gasteiger partial charge in [-0.05, 0) is 18.9 Å². The number of methoxy groups -OCH3 is 1. The predicted octanol–water partition coefficient (Wildman–Crippen LogP) is 0.593. The molecular formula is C13H22N4O. The van der Waals surface area contributed by atoms with Crippen LogP contribution in [-0.4, -0.2) is 32.8 Å². The molecule has 0 amide bonds. The number of benzene rings is 1. The summed E-state index contributed by atoms with van der Waals surface area (Å²) in [6.07, 6.45) is 0.937. The van der Waals surface area contributed by atoms with Crippen LogP contribution in [0.3, 0.4) is 0 Å². The first-order chi connectivity index (χ1) is 8.76. The van der Waals surface area contributed by atoms with Crippen molar-refractivity contribution in [1.82, 2.24) is 10.7 Å². The standard InChI is InChI=1S/C13H22N4O/c1-11-4-3-5-12(10-11)6-7-15-13(17-14)16-8-9-18-2/h3-5,10H,6-9,14H2,1-2H3,(H2,15,16,17). The Labute approximate surface area is 108 Å². The van der Waals surface area contributed by atoms with Crippen molar-refractivity contribution in [2.45, 2.75) is 13.3 Å². The maximum absolute atomic E-state index is 5.37. The maximum atomic E-state index is 5.37. The van der Waals surface area contributed by atoms with Crippen LogP contribution in [0.1, 0.15) is 11.1 Å². The Kier molecular flexibility index (Phi) is 6.83. The molecule has 100 valence electrons. The lowest BCUT2D eigenvalue weighted by atomic mass is 10.1. The molecule has 0 fully saturated rings. The quantitative estimate of drug-likeness (QED) is 0.227. The smallest absolute Gasteiger partial charge is 0.205 e. The van der Waals surface area contributed by atoms with E-state index in [2.05, 4.69) is 46.9 Å². The van der Waals surface area contributed by atoms with Crippen LogP contribution in [0, 0.1) is 6.92 Å². The van der Waals surface area contributed by atoms with Gasteiger partial charge in [-0.15, -0.1) is 0 Å². The largest absolute Gasteiger partial charge is 0.383 e. The zero-order chi connectivity index (χ0) is 13.2. The van der Waals surface area contributed by atoms with Crippen LogP contribution < -0.4 is 16.6 Å². The number of aryl methyl sites for hydroxylation is 1. The molecule has 0 aliphatic rings. The van der Waals surface area contributed by atoms with Crippen LogP contribution in [0.15, 0.2) is 29.3 Å². The molecule has 0 atom stereocenters. The van der Waals surface area contributed by atoms with Gasteiger partial charge >= 0.3 is 0 Å². The highest BCUT2D eigenvalue weighted by Crippen LogP contribution is 2.03. The third-order valence-corrected chi connectivity index (χ3v) is 2.49. The first-order valence-electron chi connectivity index (χ1n) is 6.05. The summed E-state index contributed by atoms with van der Waals surface area (Å²) in [6, 6.07) is 8.46. The van der Waals surface area contributed by atoms with E-state index < -0.39 is 0 Å². The topological polar surface area (TPSA) is 71.7 Å². The lowest BCUT2D eigenvalue weighted by Gasteiger charge is -2.09. The van der Waals surface area contributed by atoms with E-state index in [0.717, 1.165) is 13.0 Å². The van der Waals surface area contributed by atoms with Crippen molar-refractivity contribution in [2.24, 2.45) is 10.8 Å². The SMILES string of the molecule is COCCN=C(NN)NCCc1cccc(C)c1. The third-order valence-electron chi connectivity index (χ3n) is 2.49. The number of nitrogens with one attached hydrogen (secondary N) is 2. The van der Waals surface area contributed by atoms with Gasteiger partial charge in [0, 0.05) is 13.7 Å². The van der Waals surface area contributed by atoms with Crippen molar-refractivity contribution in [2.75, 3.05) is 26.8 Å². The Morgan fingerprint density at radius 1 is 1.44 bits per heavy atom. The summed E-state index contributed by atoms with van der Waals surface area (Å²) in [4.78, 5) is 4.23. The second-order valence-corrected chi connectivity index (χ2v) is 4.03. The number of nitrogens with two attached hydrogens (primary N) is 1. The number of ether oxygens (including phenoxy) is 1. The Balaban J connectivity index is 2.33. The Morgan fingerprint density at radius 2 is 2.28 bits per heavy atom. The van der Waals surface area contributed by atoms with Gasteiger partial charge in [-0.2, -0.15) is 0 Å². The lowest BCUT2D eigenvalue weighted by Crippen LogP contribution is -2.42. The predicted molar refractivity (Wildman–Crippen MR) is 74.4 cm³/mol. The molecule has 0 heterocycles. The fourth-order valence-corrected chi connectivity index (χ4v) is 1.59. The zero-order valence-corrected chi connectivity index (χ0v) is 11.1. The number of hydrogen-bond acceptors (Lipinski definition) is 3. The Bertz CT molecular complexity index is 379. The summed E-state index contributed by atoms with van der Waals surface area (Å²) >= 11 is 0. The molecule has 1 aromatic carbocycles. The molecule has 0 spiro atoms. The van der Waals surface area contributed by atoms with Gasteiger partial charge in [0.2, 0.25) is 5.96 Å². The van der Waals surface area contributed by atoms with E-state index >= 15 is 0 Å². The summed E-state index contributed by atoms with van der Waals surface area (Å²) in [7, 11) is 1.65. The molecule has 1 rings (SSSR count). The molecule has 0 saturated carbocycles. The van der Waals surface area contributed by atoms with Crippen LogP contribution in [0.5, 0.6) is 0 Å². The summed E-state index contributed by atoms with van der Waals surface area (Å²) in [5, 5.41) is 3.15. The third kappa shape index (κ3) is 5.65. The second kappa shape index (κ2) is 8.49. The molecule has 1 aromatic rings. The van der Waals surface area contributed by atoms with Crippen molar-refractivity contribution < 1.29 is 4.74 Å². The first kappa shape index (κ1) is 14.5. The second-order valence-electron chi connectivity index (χ2n) is 4.03. The van der Waals surface area contributed by atoms with E-state index in [-0.39, 0.29) is 0 Å². The van der Waals surface area contributed by atoms with Gasteiger partial charge in [0.1, 0.15) is 0 Å². The number of hydrazine groups is 1. The van der Waals surface area contributed by atoms with Crippen LogP contribution in [0.4, 0.5) is 0 Å².